The smallest absolute Gasteiger partial charge is 0.0149 e. The SMILES string of the molecule is Cc1ccc2c(C)c(C)cc(C)c2c1. The zero-order chi connectivity index (χ0) is 10.3. The van der Waals surface area contributed by atoms with Gasteiger partial charge in [0.2, 0.25) is 0 Å². The minimum Gasteiger partial charge on any atom is -0.0587 e. The zero-order valence-electron chi connectivity index (χ0n) is 9.31. The molecule has 0 amide bonds. The Morgan fingerprint density at radius 2 is 1.43 bits per heavy atom. The molecule has 0 heteroatoms. The summed E-state index contributed by atoms with van der Waals surface area (Å²) in [5.41, 5.74) is 5.51. The number of rotatable bonds is 0. The molecular formula is C14H16. The lowest BCUT2D eigenvalue weighted by molar-refractivity contribution is 1.34. The number of hydrogen-bond donors (Lipinski definition) is 0. The first-order chi connectivity index (χ1) is 6.59. The average molecular weight is 184 g/mol. The Morgan fingerprint density at radius 3 is 2.14 bits per heavy atom. The van der Waals surface area contributed by atoms with Crippen molar-refractivity contribution in [1.29, 1.82) is 0 Å². The predicted molar refractivity (Wildman–Crippen MR) is 62.9 cm³/mol. The van der Waals surface area contributed by atoms with Crippen molar-refractivity contribution >= 4 is 10.8 Å². The van der Waals surface area contributed by atoms with Gasteiger partial charge in [-0.15, -0.1) is 0 Å². The molecule has 0 heterocycles. The van der Waals surface area contributed by atoms with Gasteiger partial charge in [-0.2, -0.15) is 0 Å². The molecule has 14 heavy (non-hydrogen) atoms. The van der Waals surface area contributed by atoms with Crippen LogP contribution < -0.4 is 0 Å². The van der Waals surface area contributed by atoms with Crippen LogP contribution in [0, 0.1) is 27.7 Å². The highest BCUT2D eigenvalue weighted by molar-refractivity contribution is 5.89. The fraction of sp³-hybridized carbons (Fsp3) is 0.286. The van der Waals surface area contributed by atoms with E-state index in [1.165, 1.54) is 33.0 Å². The Hall–Kier alpha value is -1.30. The van der Waals surface area contributed by atoms with E-state index < -0.39 is 0 Å². The highest BCUT2D eigenvalue weighted by Crippen LogP contribution is 2.25. The maximum atomic E-state index is 2.27. The molecule has 0 atom stereocenters. The van der Waals surface area contributed by atoms with E-state index in [0.717, 1.165) is 0 Å². The third kappa shape index (κ3) is 1.31. The van der Waals surface area contributed by atoms with E-state index in [-0.39, 0.29) is 0 Å². The summed E-state index contributed by atoms with van der Waals surface area (Å²) in [5, 5.41) is 2.79. The zero-order valence-corrected chi connectivity index (χ0v) is 9.31. The average Bonchev–Trinajstić information content (AvgIpc) is 2.14. The van der Waals surface area contributed by atoms with Crippen LogP contribution in [0.5, 0.6) is 0 Å². The van der Waals surface area contributed by atoms with Crippen LogP contribution in [-0.2, 0) is 0 Å². The molecule has 0 bridgehead atoms. The Bertz CT molecular complexity index is 493. The van der Waals surface area contributed by atoms with Crippen LogP contribution >= 0.6 is 0 Å². The summed E-state index contributed by atoms with van der Waals surface area (Å²) in [7, 11) is 0. The first kappa shape index (κ1) is 9.26. The second-order valence-corrected chi connectivity index (χ2v) is 4.18. The normalized spacial score (nSPS) is 10.9. The van der Waals surface area contributed by atoms with Crippen LogP contribution in [0.15, 0.2) is 24.3 Å². The summed E-state index contributed by atoms with van der Waals surface area (Å²) in [5.74, 6) is 0. The van der Waals surface area contributed by atoms with Gasteiger partial charge in [0.25, 0.3) is 0 Å². The highest BCUT2D eigenvalue weighted by atomic mass is 14.1. The topological polar surface area (TPSA) is 0 Å². The van der Waals surface area contributed by atoms with Crippen LogP contribution in [0.3, 0.4) is 0 Å². The molecule has 0 aromatic heterocycles. The molecule has 2 aromatic rings. The Morgan fingerprint density at radius 1 is 0.714 bits per heavy atom. The lowest BCUT2D eigenvalue weighted by atomic mass is 9.96. The van der Waals surface area contributed by atoms with Gasteiger partial charge >= 0.3 is 0 Å². The fourth-order valence-electron chi connectivity index (χ4n) is 2.03. The third-order valence-corrected chi connectivity index (χ3v) is 3.03. The van der Waals surface area contributed by atoms with Crippen molar-refractivity contribution in [3.8, 4) is 0 Å². The van der Waals surface area contributed by atoms with Crippen LogP contribution in [0.1, 0.15) is 22.3 Å². The molecule has 2 rings (SSSR count). The Labute approximate surface area is 85.6 Å². The van der Waals surface area contributed by atoms with E-state index in [9.17, 15) is 0 Å². The number of aryl methyl sites for hydroxylation is 4. The van der Waals surface area contributed by atoms with E-state index in [1.807, 2.05) is 0 Å². The summed E-state index contributed by atoms with van der Waals surface area (Å²) < 4.78 is 0. The third-order valence-electron chi connectivity index (χ3n) is 3.03. The van der Waals surface area contributed by atoms with Crippen molar-refractivity contribution in [2.75, 3.05) is 0 Å². The number of benzene rings is 2. The van der Waals surface area contributed by atoms with Gasteiger partial charge in [-0.1, -0.05) is 29.8 Å². The molecule has 0 aliphatic carbocycles. The molecule has 0 nitrogen and oxygen atoms in total. The van der Waals surface area contributed by atoms with Crippen molar-refractivity contribution in [3.63, 3.8) is 0 Å². The van der Waals surface area contributed by atoms with E-state index in [1.54, 1.807) is 0 Å². The van der Waals surface area contributed by atoms with Gasteiger partial charge in [0.05, 0.1) is 0 Å². The first-order valence-electron chi connectivity index (χ1n) is 5.07. The number of hydrogen-bond acceptors (Lipinski definition) is 0. The van der Waals surface area contributed by atoms with Gasteiger partial charge < -0.3 is 0 Å². The van der Waals surface area contributed by atoms with Crippen LogP contribution in [-0.4, -0.2) is 0 Å². The lowest BCUT2D eigenvalue weighted by Gasteiger charge is -2.09. The standard InChI is InChI=1S/C14H16/c1-9-5-6-13-12(4)10(2)8-11(3)14(13)7-9/h5-8H,1-4H3. The Kier molecular flexibility index (Phi) is 2.07. The lowest BCUT2D eigenvalue weighted by Crippen LogP contribution is -1.88. The second-order valence-electron chi connectivity index (χ2n) is 4.18. The number of fused-ring (bicyclic) bond motifs is 1. The molecule has 0 unspecified atom stereocenters. The maximum Gasteiger partial charge on any atom is -0.0149 e. The molecule has 0 spiro atoms. The molecule has 0 aliphatic rings. The summed E-state index contributed by atoms with van der Waals surface area (Å²) in [6.07, 6.45) is 0. The minimum atomic E-state index is 1.34. The quantitative estimate of drug-likeness (QED) is 0.579. The second kappa shape index (κ2) is 3.13. The molecule has 0 aliphatic heterocycles. The van der Waals surface area contributed by atoms with E-state index in [0.29, 0.717) is 0 Å². The van der Waals surface area contributed by atoms with E-state index in [2.05, 4.69) is 52.0 Å². The first-order valence-corrected chi connectivity index (χ1v) is 5.07. The largest absolute Gasteiger partial charge is 0.0587 e. The van der Waals surface area contributed by atoms with Gasteiger partial charge in [0, 0.05) is 0 Å². The van der Waals surface area contributed by atoms with Gasteiger partial charge in [-0.25, -0.2) is 0 Å². The maximum absolute atomic E-state index is 2.27. The summed E-state index contributed by atoms with van der Waals surface area (Å²) in [6.45, 7) is 8.72. The van der Waals surface area contributed by atoms with E-state index in [4.69, 9.17) is 0 Å². The molecule has 0 N–H and O–H groups in total. The van der Waals surface area contributed by atoms with Gasteiger partial charge in [0.15, 0.2) is 0 Å². The van der Waals surface area contributed by atoms with Crippen molar-refractivity contribution < 1.29 is 0 Å². The summed E-state index contributed by atoms with van der Waals surface area (Å²) in [4.78, 5) is 0. The minimum absolute atomic E-state index is 1.34. The summed E-state index contributed by atoms with van der Waals surface area (Å²) in [6, 6.07) is 8.97. The van der Waals surface area contributed by atoms with Crippen molar-refractivity contribution in [3.05, 3.63) is 46.5 Å². The van der Waals surface area contributed by atoms with Crippen molar-refractivity contribution in [2.24, 2.45) is 0 Å². The summed E-state index contributed by atoms with van der Waals surface area (Å²) >= 11 is 0. The molecular weight excluding hydrogens is 168 g/mol. The fourth-order valence-corrected chi connectivity index (χ4v) is 2.03. The molecule has 0 saturated heterocycles. The van der Waals surface area contributed by atoms with Crippen LogP contribution in [0.25, 0.3) is 10.8 Å². The molecule has 2 aromatic carbocycles. The molecule has 0 saturated carbocycles. The molecule has 0 radical (unpaired) electrons. The predicted octanol–water partition coefficient (Wildman–Crippen LogP) is 4.07. The highest BCUT2D eigenvalue weighted by Gasteiger charge is 2.03. The van der Waals surface area contributed by atoms with Gasteiger partial charge in [-0.05, 0) is 55.2 Å². The van der Waals surface area contributed by atoms with Crippen molar-refractivity contribution in [1.82, 2.24) is 0 Å². The van der Waals surface area contributed by atoms with E-state index >= 15 is 0 Å². The van der Waals surface area contributed by atoms with Crippen LogP contribution in [0.2, 0.25) is 0 Å². The van der Waals surface area contributed by atoms with Crippen LogP contribution in [0.4, 0.5) is 0 Å². The molecule has 72 valence electrons. The van der Waals surface area contributed by atoms with Crippen molar-refractivity contribution in [2.45, 2.75) is 27.7 Å². The van der Waals surface area contributed by atoms with Gasteiger partial charge in [-0.3, -0.25) is 0 Å². The van der Waals surface area contributed by atoms with Gasteiger partial charge in [0.1, 0.15) is 0 Å². The monoisotopic (exact) mass is 184 g/mol. The molecule has 0 fully saturated rings. The Balaban J connectivity index is 2.94.